The lowest BCUT2D eigenvalue weighted by molar-refractivity contribution is 0.102. The fourth-order valence-electron chi connectivity index (χ4n) is 4.61. The normalized spacial score (nSPS) is 12.2. The van der Waals surface area contributed by atoms with Gasteiger partial charge in [-0.3, -0.25) is 4.79 Å². The number of fused-ring (bicyclic) bond motifs is 1. The summed E-state index contributed by atoms with van der Waals surface area (Å²) in [5.41, 5.74) is 6.14. The summed E-state index contributed by atoms with van der Waals surface area (Å²) in [6.07, 6.45) is 0. The maximum Gasteiger partial charge on any atom is 0.257 e. The standard InChI is InChI=1S/C30H24N2O4S/c1-19-15-24(20(2)32(19)23-13-14-26-27(16-23)35-18-34-26)25(33)17-37-30-31-28(21-9-5-3-6-10-21)29(36-30)22-11-7-4-8-12-22/h3-16H,17-18H2,1-2H3. The molecule has 3 heterocycles. The van der Waals surface area contributed by atoms with E-state index in [1.807, 2.05) is 98.8 Å². The predicted molar refractivity (Wildman–Crippen MR) is 144 cm³/mol. The topological polar surface area (TPSA) is 66.5 Å². The average molecular weight is 509 g/mol. The van der Waals surface area contributed by atoms with Gasteiger partial charge in [-0.1, -0.05) is 72.4 Å². The first-order valence-corrected chi connectivity index (χ1v) is 12.9. The van der Waals surface area contributed by atoms with E-state index in [1.54, 1.807) is 0 Å². The van der Waals surface area contributed by atoms with Gasteiger partial charge >= 0.3 is 0 Å². The SMILES string of the molecule is Cc1cc(C(=O)CSc2nc(-c3ccccc3)c(-c3ccccc3)o2)c(C)n1-c1ccc2c(c1)OCO2. The van der Waals surface area contributed by atoms with E-state index in [0.717, 1.165) is 39.6 Å². The summed E-state index contributed by atoms with van der Waals surface area (Å²) in [6.45, 7) is 4.18. The summed E-state index contributed by atoms with van der Waals surface area (Å²) in [5.74, 6) is 2.37. The van der Waals surface area contributed by atoms with Crippen molar-refractivity contribution >= 4 is 17.5 Å². The summed E-state index contributed by atoms with van der Waals surface area (Å²) in [7, 11) is 0. The molecule has 0 saturated carbocycles. The summed E-state index contributed by atoms with van der Waals surface area (Å²) in [5, 5.41) is 0.468. The maximum absolute atomic E-state index is 13.3. The number of thioether (sulfide) groups is 1. The van der Waals surface area contributed by atoms with Gasteiger partial charge in [0.15, 0.2) is 23.0 Å². The summed E-state index contributed by atoms with van der Waals surface area (Å²) in [4.78, 5) is 18.1. The van der Waals surface area contributed by atoms with Crippen LogP contribution in [0.15, 0.2) is 94.6 Å². The molecule has 1 aliphatic rings. The Balaban J connectivity index is 1.26. The van der Waals surface area contributed by atoms with Gasteiger partial charge in [-0.2, -0.15) is 0 Å². The van der Waals surface area contributed by atoms with Crippen LogP contribution in [0.1, 0.15) is 21.7 Å². The van der Waals surface area contributed by atoms with Crippen LogP contribution in [0.2, 0.25) is 0 Å². The number of carbonyl (C=O) groups excluding carboxylic acids is 1. The van der Waals surface area contributed by atoms with Crippen molar-refractivity contribution in [1.29, 1.82) is 0 Å². The van der Waals surface area contributed by atoms with Crippen LogP contribution < -0.4 is 9.47 Å². The third-order valence-corrected chi connectivity index (χ3v) is 7.19. The highest BCUT2D eigenvalue weighted by Crippen LogP contribution is 2.37. The molecule has 6 nitrogen and oxygen atoms in total. The largest absolute Gasteiger partial charge is 0.454 e. The van der Waals surface area contributed by atoms with Crippen LogP contribution in [-0.4, -0.2) is 27.9 Å². The Morgan fingerprint density at radius 3 is 2.35 bits per heavy atom. The second kappa shape index (κ2) is 9.67. The van der Waals surface area contributed by atoms with Gasteiger partial charge < -0.3 is 18.5 Å². The molecule has 0 bridgehead atoms. The monoisotopic (exact) mass is 508 g/mol. The number of hydrogen-bond donors (Lipinski definition) is 0. The Hall–Kier alpha value is -4.23. The minimum Gasteiger partial charge on any atom is -0.454 e. The summed E-state index contributed by atoms with van der Waals surface area (Å²) >= 11 is 1.31. The number of oxazole rings is 1. The van der Waals surface area contributed by atoms with E-state index < -0.39 is 0 Å². The van der Waals surface area contributed by atoms with Gasteiger partial charge in [0, 0.05) is 39.8 Å². The Bertz CT molecular complexity index is 1530. The molecule has 0 atom stereocenters. The van der Waals surface area contributed by atoms with Crippen molar-refractivity contribution in [2.75, 3.05) is 12.5 Å². The molecule has 0 saturated heterocycles. The lowest BCUT2D eigenvalue weighted by Crippen LogP contribution is -2.05. The number of nitrogens with zero attached hydrogens (tertiary/aromatic N) is 2. The first-order chi connectivity index (χ1) is 18.1. The average Bonchev–Trinajstić information content (AvgIpc) is 3.65. The number of carbonyl (C=O) groups is 1. The van der Waals surface area contributed by atoms with Crippen molar-refractivity contribution in [3.8, 4) is 39.8 Å². The number of rotatable bonds is 7. The molecule has 2 aromatic heterocycles. The molecule has 0 unspecified atom stereocenters. The highest BCUT2D eigenvalue weighted by Gasteiger charge is 2.22. The number of benzene rings is 3. The molecule has 5 aromatic rings. The molecule has 1 aliphatic heterocycles. The maximum atomic E-state index is 13.3. The molecule has 184 valence electrons. The van der Waals surface area contributed by atoms with Crippen molar-refractivity contribution in [1.82, 2.24) is 9.55 Å². The number of Topliss-reactive ketones (excluding diaryl/α,β-unsaturated/α-hetero) is 1. The number of ether oxygens (including phenoxy) is 2. The zero-order valence-corrected chi connectivity index (χ0v) is 21.2. The highest BCUT2D eigenvalue weighted by atomic mass is 32.2. The van der Waals surface area contributed by atoms with E-state index >= 15 is 0 Å². The fourth-order valence-corrected chi connectivity index (χ4v) is 5.32. The molecule has 37 heavy (non-hydrogen) atoms. The lowest BCUT2D eigenvalue weighted by Gasteiger charge is -2.10. The van der Waals surface area contributed by atoms with E-state index in [9.17, 15) is 4.79 Å². The van der Waals surface area contributed by atoms with Crippen molar-refractivity contribution in [3.63, 3.8) is 0 Å². The second-order valence-electron chi connectivity index (χ2n) is 8.76. The molecule has 0 spiro atoms. The summed E-state index contributed by atoms with van der Waals surface area (Å²) < 4.78 is 19.2. The Kier molecular flexibility index (Phi) is 6.06. The van der Waals surface area contributed by atoms with Crippen molar-refractivity contribution in [2.24, 2.45) is 0 Å². The molecule has 0 amide bonds. The van der Waals surface area contributed by atoms with Gasteiger partial charge in [0.25, 0.3) is 5.22 Å². The van der Waals surface area contributed by atoms with E-state index in [-0.39, 0.29) is 18.3 Å². The van der Waals surface area contributed by atoms with E-state index in [1.165, 1.54) is 11.8 Å². The van der Waals surface area contributed by atoms with Crippen molar-refractivity contribution in [2.45, 2.75) is 19.1 Å². The lowest BCUT2D eigenvalue weighted by atomic mass is 10.1. The van der Waals surface area contributed by atoms with Gasteiger partial charge in [0.2, 0.25) is 6.79 Å². The Morgan fingerprint density at radius 2 is 1.59 bits per heavy atom. The second-order valence-corrected chi connectivity index (χ2v) is 9.69. The van der Waals surface area contributed by atoms with Gasteiger partial charge in [-0.05, 0) is 32.0 Å². The van der Waals surface area contributed by atoms with Gasteiger partial charge in [0.1, 0.15) is 5.69 Å². The number of aromatic nitrogens is 2. The van der Waals surface area contributed by atoms with Crippen LogP contribution in [0.4, 0.5) is 0 Å². The first-order valence-electron chi connectivity index (χ1n) is 11.9. The zero-order valence-electron chi connectivity index (χ0n) is 20.4. The Morgan fingerprint density at radius 1 is 0.892 bits per heavy atom. The van der Waals surface area contributed by atoms with E-state index in [4.69, 9.17) is 18.9 Å². The minimum absolute atomic E-state index is 0.0193. The van der Waals surface area contributed by atoms with E-state index in [2.05, 4.69) is 4.57 Å². The van der Waals surface area contributed by atoms with Gasteiger partial charge in [0.05, 0.1) is 5.75 Å². The molecule has 0 N–H and O–H groups in total. The van der Waals surface area contributed by atoms with Crippen LogP contribution in [0.3, 0.4) is 0 Å². The zero-order chi connectivity index (χ0) is 25.4. The van der Waals surface area contributed by atoms with Gasteiger partial charge in [-0.25, -0.2) is 4.98 Å². The van der Waals surface area contributed by atoms with Crippen LogP contribution >= 0.6 is 11.8 Å². The van der Waals surface area contributed by atoms with Crippen LogP contribution in [-0.2, 0) is 0 Å². The molecular weight excluding hydrogens is 484 g/mol. The fraction of sp³-hybridized carbons (Fsp3) is 0.133. The minimum atomic E-state index is 0.0193. The van der Waals surface area contributed by atoms with E-state index in [0.29, 0.717) is 22.3 Å². The molecule has 0 fully saturated rings. The third kappa shape index (κ3) is 4.42. The number of hydrogen-bond acceptors (Lipinski definition) is 6. The van der Waals surface area contributed by atoms with Crippen LogP contribution in [0, 0.1) is 13.8 Å². The van der Waals surface area contributed by atoms with Crippen LogP contribution in [0.25, 0.3) is 28.3 Å². The molecule has 6 rings (SSSR count). The van der Waals surface area contributed by atoms with Gasteiger partial charge in [-0.15, -0.1) is 0 Å². The number of ketones is 1. The first kappa shape index (κ1) is 23.2. The predicted octanol–water partition coefficient (Wildman–Crippen LogP) is 7.12. The Labute approximate surface area is 218 Å². The van der Waals surface area contributed by atoms with Crippen LogP contribution in [0.5, 0.6) is 11.5 Å². The van der Waals surface area contributed by atoms with Crippen molar-refractivity contribution < 1.29 is 18.7 Å². The number of aryl methyl sites for hydroxylation is 1. The summed E-state index contributed by atoms with van der Waals surface area (Å²) in [6, 6.07) is 27.6. The molecule has 3 aromatic carbocycles. The third-order valence-electron chi connectivity index (χ3n) is 6.36. The molecule has 0 aliphatic carbocycles. The van der Waals surface area contributed by atoms with Crippen molar-refractivity contribution in [3.05, 3.63) is 102 Å². The molecular formula is C30H24N2O4S. The molecule has 7 heteroatoms. The quantitative estimate of drug-likeness (QED) is 0.172. The highest BCUT2D eigenvalue weighted by molar-refractivity contribution is 7.99. The smallest absolute Gasteiger partial charge is 0.257 e. The molecule has 0 radical (unpaired) electrons.